The summed E-state index contributed by atoms with van der Waals surface area (Å²) < 4.78 is 7.47. The van der Waals surface area contributed by atoms with Crippen LogP contribution in [0.2, 0.25) is 0 Å². The van der Waals surface area contributed by atoms with E-state index in [0.29, 0.717) is 0 Å². The second-order valence-electron chi connectivity index (χ2n) is 5.38. The molecule has 3 heterocycles. The molecule has 0 atom stereocenters. The molecule has 0 saturated heterocycles. The molecule has 0 saturated carbocycles. The predicted molar refractivity (Wildman–Crippen MR) is 90.3 cm³/mol. The molecule has 23 heavy (non-hydrogen) atoms. The molecule has 0 amide bonds. The van der Waals surface area contributed by atoms with E-state index in [1.54, 1.807) is 13.3 Å². The summed E-state index contributed by atoms with van der Waals surface area (Å²) in [6, 6.07) is 10.1. The van der Waals surface area contributed by atoms with Crippen LogP contribution in [0.4, 0.5) is 0 Å². The lowest BCUT2D eigenvalue weighted by Crippen LogP contribution is -1.92. The molecule has 0 aliphatic rings. The van der Waals surface area contributed by atoms with Gasteiger partial charge in [-0.15, -0.1) is 0 Å². The summed E-state index contributed by atoms with van der Waals surface area (Å²) in [6.07, 6.45) is 7.53. The van der Waals surface area contributed by atoms with E-state index in [2.05, 4.69) is 27.1 Å². The van der Waals surface area contributed by atoms with E-state index in [1.165, 1.54) is 0 Å². The van der Waals surface area contributed by atoms with Gasteiger partial charge >= 0.3 is 0 Å². The van der Waals surface area contributed by atoms with Crippen LogP contribution in [0, 0.1) is 0 Å². The molecule has 0 aliphatic heterocycles. The van der Waals surface area contributed by atoms with Gasteiger partial charge in [0, 0.05) is 53.9 Å². The number of fused-ring (bicyclic) bond motifs is 1. The third kappa shape index (κ3) is 2.17. The number of nitrogens with zero attached hydrogens (tertiary/aromatic N) is 3. The molecule has 0 aliphatic carbocycles. The van der Waals surface area contributed by atoms with Crippen molar-refractivity contribution in [2.24, 2.45) is 7.05 Å². The number of hydrogen-bond acceptors (Lipinski definition) is 3. The SMILES string of the molecule is COc1ccccc1-c1c[nH]c2ncc(-c3nccn3C)cc12. The number of aromatic nitrogens is 4. The molecule has 114 valence electrons. The maximum absolute atomic E-state index is 5.49. The Kier molecular flexibility index (Phi) is 3.12. The van der Waals surface area contributed by atoms with Gasteiger partial charge < -0.3 is 14.3 Å². The fourth-order valence-corrected chi connectivity index (χ4v) is 2.86. The number of H-pyrrole nitrogens is 1. The lowest BCUT2D eigenvalue weighted by atomic mass is 10.0. The summed E-state index contributed by atoms with van der Waals surface area (Å²) in [4.78, 5) is 12.2. The van der Waals surface area contributed by atoms with Crippen LogP contribution < -0.4 is 4.74 Å². The standard InChI is InChI=1S/C18H16N4O/c1-22-8-7-19-18(22)12-9-14-15(11-21-17(14)20-10-12)13-5-3-4-6-16(13)23-2/h3-11H,1-2H3,(H,20,21). The molecule has 0 spiro atoms. The van der Waals surface area contributed by atoms with Crippen molar-refractivity contribution < 1.29 is 4.74 Å². The highest BCUT2D eigenvalue weighted by atomic mass is 16.5. The molecule has 0 fully saturated rings. The zero-order valence-electron chi connectivity index (χ0n) is 12.9. The summed E-state index contributed by atoms with van der Waals surface area (Å²) in [5.74, 6) is 1.74. The summed E-state index contributed by atoms with van der Waals surface area (Å²) in [7, 11) is 3.66. The lowest BCUT2D eigenvalue weighted by molar-refractivity contribution is 0.416. The molecule has 4 rings (SSSR count). The molecule has 5 nitrogen and oxygen atoms in total. The monoisotopic (exact) mass is 304 g/mol. The first-order valence-electron chi connectivity index (χ1n) is 7.36. The van der Waals surface area contributed by atoms with Gasteiger partial charge in [-0.05, 0) is 12.1 Å². The molecular weight excluding hydrogens is 288 g/mol. The van der Waals surface area contributed by atoms with Gasteiger partial charge in [-0.3, -0.25) is 0 Å². The van der Waals surface area contributed by atoms with Gasteiger partial charge in [0.15, 0.2) is 0 Å². The number of aryl methyl sites for hydroxylation is 1. The van der Waals surface area contributed by atoms with Crippen LogP contribution >= 0.6 is 0 Å². The first kappa shape index (κ1) is 13.6. The number of rotatable bonds is 3. The van der Waals surface area contributed by atoms with E-state index in [1.807, 2.05) is 48.4 Å². The molecular formula is C18H16N4O. The highest BCUT2D eigenvalue weighted by Crippen LogP contribution is 2.35. The van der Waals surface area contributed by atoms with E-state index in [-0.39, 0.29) is 0 Å². The van der Waals surface area contributed by atoms with Gasteiger partial charge in [-0.2, -0.15) is 0 Å². The maximum Gasteiger partial charge on any atom is 0.141 e. The molecule has 0 unspecified atom stereocenters. The van der Waals surface area contributed by atoms with Crippen molar-refractivity contribution >= 4 is 11.0 Å². The van der Waals surface area contributed by atoms with E-state index >= 15 is 0 Å². The average Bonchev–Trinajstić information content (AvgIpc) is 3.20. The number of imidazole rings is 1. The van der Waals surface area contributed by atoms with E-state index in [9.17, 15) is 0 Å². The molecule has 0 radical (unpaired) electrons. The van der Waals surface area contributed by atoms with Crippen molar-refractivity contribution in [1.82, 2.24) is 19.5 Å². The summed E-state index contributed by atoms with van der Waals surface area (Å²) >= 11 is 0. The van der Waals surface area contributed by atoms with Crippen LogP contribution in [-0.2, 0) is 7.05 Å². The van der Waals surface area contributed by atoms with Crippen molar-refractivity contribution in [3.63, 3.8) is 0 Å². The number of pyridine rings is 1. The Morgan fingerprint density at radius 1 is 1.13 bits per heavy atom. The summed E-state index contributed by atoms with van der Waals surface area (Å²) in [5, 5.41) is 1.05. The van der Waals surface area contributed by atoms with Crippen LogP contribution in [0.5, 0.6) is 5.75 Å². The number of para-hydroxylation sites is 1. The summed E-state index contributed by atoms with van der Waals surface area (Å²) in [6.45, 7) is 0. The number of aromatic amines is 1. The van der Waals surface area contributed by atoms with Crippen molar-refractivity contribution in [1.29, 1.82) is 0 Å². The Morgan fingerprint density at radius 3 is 2.78 bits per heavy atom. The summed E-state index contributed by atoms with van der Waals surface area (Å²) in [5.41, 5.74) is 3.95. The molecule has 4 aromatic rings. The van der Waals surface area contributed by atoms with Gasteiger partial charge in [-0.25, -0.2) is 9.97 Å². The fourth-order valence-electron chi connectivity index (χ4n) is 2.86. The molecule has 1 N–H and O–H groups in total. The van der Waals surface area contributed by atoms with E-state index < -0.39 is 0 Å². The van der Waals surface area contributed by atoms with Crippen molar-refractivity contribution in [3.8, 4) is 28.3 Å². The zero-order valence-corrected chi connectivity index (χ0v) is 12.9. The minimum atomic E-state index is 0.843. The average molecular weight is 304 g/mol. The van der Waals surface area contributed by atoms with Gasteiger partial charge in [0.1, 0.15) is 17.2 Å². The number of hydrogen-bond donors (Lipinski definition) is 1. The number of ether oxygens (including phenoxy) is 1. The van der Waals surface area contributed by atoms with Crippen LogP contribution in [0.25, 0.3) is 33.5 Å². The van der Waals surface area contributed by atoms with E-state index in [0.717, 1.165) is 39.3 Å². The largest absolute Gasteiger partial charge is 0.496 e. The Balaban J connectivity index is 1.93. The van der Waals surface area contributed by atoms with Gasteiger partial charge in [-0.1, -0.05) is 18.2 Å². The number of benzene rings is 1. The van der Waals surface area contributed by atoms with Crippen LogP contribution in [0.15, 0.2) is 55.1 Å². The molecule has 1 aromatic carbocycles. The zero-order chi connectivity index (χ0) is 15.8. The van der Waals surface area contributed by atoms with Crippen molar-refractivity contribution in [3.05, 3.63) is 55.1 Å². The number of nitrogens with one attached hydrogen (secondary N) is 1. The Bertz CT molecular complexity index is 984. The molecule has 3 aromatic heterocycles. The Labute approximate surface area is 133 Å². The highest BCUT2D eigenvalue weighted by molar-refractivity contribution is 5.96. The van der Waals surface area contributed by atoms with Crippen LogP contribution in [0.1, 0.15) is 0 Å². The van der Waals surface area contributed by atoms with Crippen molar-refractivity contribution in [2.75, 3.05) is 7.11 Å². The minimum Gasteiger partial charge on any atom is -0.496 e. The topological polar surface area (TPSA) is 55.7 Å². The normalized spacial score (nSPS) is 11.0. The third-order valence-electron chi connectivity index (χ3n) is 4.01. The second kappa shape index (κ2) is 5.28. The maximum atomic E-state index is 5.49. The molecule has 0 bridgehead atoms. The van der Waals surface area contributed by atoms with Crippen LogP contribution in [0.3, 0.4) is 0 Å². The van der Waals surface area contributed by atoms with E-state index in [4.69, 9.17) is 4.74 Å². The van der Waals surface area contributed by atoms with Gasteiger partial charge in [0.2, 0.25) is 0 Å². The molecule has 5 heteroatoms. The second-order valence-corrected chi connectivity index (χ2v) is 5.38. The van der Waals surface area contributed by atoms with Crippen molar-refractivity contribution in [2.45, 2.75) is 0 Å². The lowest BCUT2D eigenvalue weighted by Gasteiger charge is -2.07. The van der Waals surface area contributed by atoms with Gasteiger partial charge in [0.05, 0.1) is 7.11 Å². The first-order valence-corrected chi connectivity index (χ1v) is 7.36. The van der Waals surface area contributed by atoms with Gasteiger partial charge in [0.25, 0.3) is 0 Å². The third-order valence-corrected chi connectivity index (χ3v) is 4.01. The van der Waals surface area contributed by atoms with Crippen LogP contribution in [-0.4, -0.2) is 26.6 Å². The smallest absolute Gasteiger partial charge is 0.141 e. The number of methoxy groups -OCH3 is 1. The Hall–Kier alpha value is -3.08. The fraction of sp³-hybridized carbons (Fsp3) is 0.111. The Morgan fingerprint density at radius 2 is 2.00 bits per heavy atom. The quantitative estimate of drug-likeness (QED) is 0.628. The minimum absolute atomic E-state index is 0.843. The highest BCUT2D eigenvalue weighted by Gasteiger charge is 2.13. The predicted octanol–water partition coefficient (Wildman–Crippen LogP) is 3.64. The first-order chi connectivity index (χ1) is 11.3.